The standard InChI is InChI=1S/C14H27NO2/c1-5-6-7-15-13(16)17-12-8-11(2)9-14(3,4)10-12/h11-12H,5-10H2,1-4H3,(H,15,16). The summed E-state index contributed by atoms with van der Waals surface area (Å²) in [5, 5.41) is 2.81. The van der Waals surface area contributed by atoms with Gasteiger partial charge in [-0.05, 0) is 37.0 Å². The van der Waals surface area contributed by atoms with Gasteiger partial charge in [0, 0.05) is 6.54 Å². The van der Waals surface area contributed by atoms with Crippen molar-refractivity contribution in [2.75, 3.05) is 6.54 Å². The van der Waals surface area contributed by atoms with E-state index < -0.39 is 0 Å². The topological polar surface area (TPSA) is 38.3 Å². The highest BCUT2D eigenvalue weighted by Gasteiger charge is 2.33. The number of nitrogens with one attached hydrogen (secondary N) is 1. The van der Waals surface area contributed by atoms with E-state index in [4.69, 9.17) is 4.74 Å². The highest BCUT2D eigenvalue weighted by atomic mass is 16.6. The van der Waals surface area contributed by atoms with Crippen LogP contribution in [0.5, 0.6) is 0 Å². The monoisotopic (exact) mass is 241 g/mol. The Morgan fingerprint density at radius 3 is 2.71 bits per heavy atom. The molecule has 1 aliphatic carbocycles. The fourth-order valence-electron chi connectivity index (χ4n) is 2.91. The summed E-state index contributed by atoms with van der Waals surface area (Å²) < 4.78 is 5.49. The molecule has 2 atom stereocenters. The van der Waals surface area contributed by atoms with Gasteiger partial charge in [0.2, 0.25) is 0 Å². The van der Waals surface area contributed by atoms with E-state index in [2.05, 4.69) is 33.0 Å². The minimum atomic E-state index is -0.242. The van der Waals surface area contributed by atoms with E-state index in [1.54, 1.807) is 0 Å². The molecule has 0 spiro atoms. The van der Waals surface area contributed by atoms with Crippen LogP contribution in [0.25, 0.3) is 0 Å². The second kappa shape index (κ2) is 6.27. The van der Waals surface area contributed by atoms with Crippen molar-refractivity contribution in [1.29, 1.82) is 0 Å². The van der Waals surface area contributed by atoms with Crippen LogP contribution in [-0.2, 0) is 4.74 Å². The van der Waals surface area contributed by atoms with Crippen LogP contribution in [0.2, 0.25) is 0 Å². The minimum absolute atomic E-state index is 0.0929. The molecule has 0 aromatic heterocycles. The third-order valence-electron chi connectivity index (χ3n) is 3.42. The summed E-state index contributed by atoms with van der Waals surface area (Å²) in [7, 11) is 0. The quantitative estimate of drug-likeness (QED) is 0.762. The molecule has 1 N–H and O–H groups in total. The zero-order valence-corrected chi connectivity index (χ0v) is 11.7. The maximum absolute atomic E-state index is 11.6. The van der Waals surface area contributed by atoms with E-state index in [1.807, 2.05) is 0 Å². The van der Waals surface area contributed by atoms with Gasteiger partial charge in [-0.15, -0.1) is 0 Å². The second-order valence-electron chi connectivity index (χ2n) is 6.22. The molecule has 1 fully saturated rings. The minimum Gasteiger partial charge on any atom is -0.446 e. The molecular weight excluding hydrogens is 214 g/mol. The Kier molecular flexibility index (Phi) is 5.29. The highest BCUT2D eigenvalue weighted by Crippen LogP contribution is 2.39. The number of unbranched alkanes of at least 4 members (excludes halogenated alkanes) is 1. The first-order chi connectivity index (χ1) is 7.93. The zero-order chi connectivity index (χ0) is 12.9. The molecule has 3 nitrogen and oxygen atoms in total. The fourth-order valence-corrected chi connectivity index (χ4v) is 2.91. The molecule has 0 saturated heterocycles. The number of alkyl carbamates (subject to hydrolysis) is 1. The van der Waals surface area contributed by atoms with Gasteiger partial charge in [0.05, 0.1) is 0 Å². The van der Waals surface area contributed by atoms with Crippen molar-refractivity contribution >= 4 is 6.09 Å². The maximum Gasteiger partial charge on any atom is 0.407 e. The van der Waals surface area contributed by atoms with Crippen LogP contribution in [0.1, 0.15) is 59.8 Å². The van der Waals surface area contributed by atoms with Gasteiger partial charge in [-0.2, -0.15) is 0 Å². The summed E-state index contributed by atoms with van der Waals surface area (Å²) in [5.74, 6) is 0.646. The molecule has 17 heavy (non-hydrogen) atoms. The van der Waals surface area contributed by atoms with Gasteiger partial charge in [0.1, 0.15) is 6.10 Å². The Morgan fingerprint density at radius 2 is 2.12 bits per heavy atom. The molecule has 1 rings (SSSR count). The SMILES string of the molecule is CCCCNC(=O)OC1CC(C)CC(C)(C)C1. The molecule has 0 aromatic rings. The van der Waals surface area contributed by atoms with Crippen molar-refractivity contribution in [1.82, 2.24) is 5.32 Å². The first kappa shape index (κ1) is 14.3. The van der Waals surface area contributed by atoms with Crippen LogP contribution in [0, 0.1) is 11.3 Å². The molecule has 0 bridgehead atoms. The van der Waals surface area contributed by atoms with Gasteiger partial charge < -0.3 is 10.1 Å². The lowest BCUT2D eigenvalue weighted by Gasteiger charge is -2.38. The molecule has 0 aromatic carbocycles. The van der Waals surface area contributed by atoms with E-state index in [9.17, 15) is 4.79 Å². The molecular formula is C14H27NO2. The second-order valence-corrected chi connectivity index (χ2v) is 6.22. The molecule has 0 aliphatic heterocycles. The summed E-state index contributed by atoms with van der Waals surface area (Å²) in [6, 6.07) is 0. The average molecular weight is 241 g/mol. The van der Waals surface area contributed by atoms with Crippen molar-refractivity contribution < 1.29 is 9.53 Å². The number of hydrogen-bond acceptors (Lipinski definition) is 2. The van der Waals surface area contributed by atoms with Gasteiger partial charge in [-0.1, -0.05) is 34.1 Å². The molecule has 1 amide bonds. The molecule has 2 unspecified atom stereocenters. The van der Waals surface area contributed by atoms with Crippen LogP contribution in [0.4, 0.5) is 4.79 Å². The Hall–Kier alpha value is -0.730. The summed E-state index contributed by atoms with van der Waals surface area (Å²) in [5.41, 5.74) is 0.298. The van der Waals surface area contributed by atoms with Gasteiger partial charge in [0.25, 0.3) is 0 Å². The van der Waals surface area contributed by atoms with Crippen molar-refractivity contribution in [3.8, 4) is 0 Å². The largest absolute Gasteiger partial charge is 0.446 e. The number of carbonyl (C=O) groups is 1. The summed E-state index contributed by atoms with van der Waals surface area (Å²) in [4.78, 5) is 11.6. The predicted octanol–water partition coefficient (Wildman–Crippen LogP) is 3.73. The lowest BCUT2D eigenvalue weighted by atomic mass is 9.71. The van der Waals surface area contributed by atoms with Crippen LogP contribution >= 0.6 is 0 Å². The van der Waals surface area contributed by atoms with E-state index >= 15 is 0 Å². The average Bonchev–Trinajstić information content (AvgIpc) is 2.14. The third-order valence-corrected chi connectivity index (χ3v) is 3.42. The fraction of sp³-hybridized carbons (Fsp3) is 0.929. The summed E-state index contributed by atoms with van der Waals surface area (Å²) >= 11 is 0. The molecule has 1 aliphatic rings. The predicted molar refractivity (Wildman–Crippen MR) is 70.0 cm³/mol. The summed E-state index contributed by atoms with van der Waals surface area (Å²) in [6.07, 6.45) is 5.17. The van der Waals surface area contributed by atoms with E-state index in [0.29, 0.717) is 11.3 Å². The lowest BCUT2D eigenvalue weighted by Crippen LogP contribution is -2.37. The van der Waals surface area contributed by atoms with Crippen molar-refractivity contribution in [3.05, 3.63) is 0 Å². The van der Waals surface area contributed by atoms with Crippen molar-refractivity contribution in [3.63, 3.8) is 0 Å². The lowest BCUT2D eigenvalue weighted by molar-refractivity contribution is 0.0188. The van der Waals surface area contributed by atoms with Crippen LogP contribution in [-0.4, -0.2) is 18.7 Å². The number of amides is 1. The van der Waals surface area contributed by atoms with Crippen molar-refractivity contribution in [2.45, 2.75) is 65.9 Å². The Morgan fingerprint density at radius 1 is 1.41 bits per heavy atom. The van der Waals surface area contributed by atoms with Gasteiger partial charge in [-0.3, -0.25) is 0 Å². The van der Waals surface area contributed by atoms with E-state index in [-0.39, 0.29) is 12.2 Å². The Balaban J connectivity index is 2.32. The zero-order valence-electron chi connectivity index (χ0n) is 11.7. The Bertz CT molecular complexity index is 251. The number of ether oxygens (including phenoxy) is 1. The van der Waals surface area contributed by atoms with E-state index in [0.717, 1.165) is 32.2 Å². The molecule has 3 heteroatoms. The van der Waals surface area contributed by atoms with E-state index in [1.165, 1.54) is 6.42 Å². The number of rotatable bonds is 4. The van der Waals surface area contributed by atoms with Gasteiger partial charge in [0.15, 0.2) is 0 Å². The number of carbonyl (C=O) groups excluding carboxylic acids is 1. The van der Waals surface area contributed by atoms with Crippen molar-refractivity contribution in [2.24, 2.45) is 11.3 Å². The Labute approximate surface area is 105 Å². The molecule has 0 heterocycles. The van der Waals surface area contributed by atoms with Crippen LogP contribution in [0.3, 0.4) is 0 Å². The molecule has 1 saturated carbocycles. The highest BCUT2D eigenvalue weighted by molar-refractivity contribution is 5.67. The normalized spacial score (nSPS) is 27.5. The number of hydrogen-bond donors (Lipinski definition) is 1. The first-order valence-corrected chi connectivity index (χ1v) is 6.87. The van der Waals surface area contributed by atoms with Gasteiger partial charge >= 0.3 is 6.09 Å². The third kappa shape index (κ3) is 5.42. The maximum atomic E-state index is 11.6. The van der Waals surface area contributed by atoms with Crippen LogP contribution in [0.15, 0.2) is 0 Å². The smallest absolute Gasteiger partial charge is 0.407 e. The van der Waals surface area contributed by atoms with Gasteiger partial charge in [-0.25, -0.2) is 4.79 Å². The first-order valence-electron chi connectivity index (χ1n) is 6.87. The van der Waals surface area contributed by atoms with Crippen LogP contribution < -0.4 is 5.32 Å². The molecule has 100 valence electrons. The molecule has 0 radical (unpaired) electrons. The summed E-state index contributed by atoms with van der Waals surface area (Å²) in [6.45, 7) is 9.59.